The number of aromatic nitrogens is 2. The quantitative estimate of drug-likeness (QED) is 0.721. The number of H-pyrrole nitrogens is 1. The number of nitrogens with one attached hydrogen (secondary N) is 1. The summed E-state index contributed by atoms with van der Waals surface area (Å²) < 4.78 is 13.4. The van der Waals surface area contributed by atoms with Gasteiger partial charge in [0.25, 0.3) is 0 Å². The maximum atomic E-state index is 13.4. The van der Waals surface area contributed by atoms with Crippen molar-refractivity contribution < 1.29 is 4.39 Å². The third kappa shape index (κ3) is 3.29. The molecule has 1 fully saturated rings. The summed E-state index contributed by atoms with van der Waals surface area (Å²) in [5.41, 5.74) is 6.85. The summed E-state index contributed by atoms with van der Waals surface area (Å²) in [6.45, 7) is 4.33. The van der Waals surface area contributed by atoms with Gasteiger partial charge in [-0.25, -0.2) is 4.39 Å². The molecule has 0 unspecified atom stereocenters. The molecule has 4 heteroatoms. The lowest BCUT2D eigenvalue weighted by atomic mass is 9.93. The van der Waals surface area contributed by atoms with Crippen LogP contribution in [0, 0.1) is 12.7 Å². The Morgan fingerprint density at radius 2 is 1.81 bits per heavy atom. The highest BCUT2D eigenvalue weighted by atomic mass is 19.1. The molecule has 2 aromatic heterocycles. The van der Waals surface area contributed by atoms with E-state index < -0.39 is 0 Å². The fourth-order valence-corrected chi connectivity index (χ4v) is 3.85. The lowest BCUT2D eigenvalue weighted by Crippen LogP contribution is -2.29. The molecule has 26 heavy (non-hydrogen) atoms. The minimum atomic E-state index is -0.211. The van der Waals surface area contributed by atoms with Crippen LogP contribution >= 0.6 is 0 Å². The number of rotatable bonds is 3. The molecule has 0 spiro atoms. The molecule has 3 aromatic rings. The molecule has 3 heterocycles. The van der Waals surface area contributed by atoms with E-state index in [1.807, 2.05) is 24.5 Å². The van der Waals surface area contributed by atoms with Crippen molar-refractivity contribution in [2.45, 2.75) is 25.7 Å². The second-order valence-electron chi connectivity index (χ2n) is 7.29. The normalized spacial score (nSPS) is 16.1. The number of likely N-dealkylation sites (tertiary alicyclic amines) is 1. The zero-order valence-corrected chi connectivity index (χ0v) is 15.3. The van der Waals surface area contributed by atoms with Gasteiger partial charge >= 0.3 is 0 Å². The largest absolute Gasteiger partial charge is 0.358 e. The molecular formula is C22H24FN3. The van der Waals surface area contributed by atoms with E-state index in [2.05, 4.69) is 41.0 Å². The van der Waals surface area contributed by atoms with Crippen molar-refractivity contribution in [3.8, 4) is 22.4 Å². The first-order chi connectivity index (χ1) is 12.6. The van der Waals surface area contributed by atoms with Gasteiger partial charge in [0.15, 0.2) is 0 Å². The van der Waals surface area contributed by atoms with Crippen molar-refractivity contribution in [3.63, 3.8) is 0 Å². The number of piperidine rings is 1. The average molecular weight is 349 g/mol. The summed E-state index contributed by atoms with van der Waals surface area (Å²) in [6.07, 6.45) is 6.05. The van der Waals surface area contributed by atoms with Gasteiger partial charge in [0.2, 0.25) is 0 Å². The van der Waals surface area contributed by atoms with E-state index in [1.165, 1.54) is 29.0 Å². The second kappa shape index (κ2) is 7.04. The average Bonchev–Trinajstić information content (AvgIpc) is 3.08. The number of aromatic amines is 1. The molecule has 3 nitrogen and oxygen atoms in total. The van der Waals surface area contributed by atoms with Gasteiger partial charge in [-0.05, 0) is 93.0 Å². The van der Waals surface area contributed by atoms with Crippen LogP contribution in [0.5, 0.6) is 0 Å². The first kappa shape index (κ1) is 17.0. The zero-order valence-electron chi connectivity index (χ0n) is 15.3. The second-order valence-corrected chi connectivity index (χ2v) is 7.29. The highest BCUT2D eigenvalue weighted by molar-refractivity contribution is 5.83. The molecule has 1 saturated heterocycles. The Kier molecular flexibility index (Phi) is 4.60. The van der Waals surface area contributed by atoms with E-state index in [-0.39, 0.29) is 5.82 Å². The van der Waals surface area contributed by atoms with Crippen LogP contribution in [0.25, 0.3) is 22.4 Å². The topological polar surface area (TPSA) is 31.9 Å². The van der Waals surface area contributed by atoms with Crippen molar-refractivity contribution in [1.82, 2.24) is 14.9 Å². The van der Waals surface area contributed by atoms with Crippen molar-refractivity contribution in [3.05, 3.63) is 65.9 Å². The van der Waals surface area contributed by atoms with Gasteiger partial charge in [-0.1, -0.05) is 0 Å². The number of nitrogens with zero attached hydrogens (tertiary/aromatic N) is 2. The Hall–Kier alpha value is -2.46. The summed E-state index contributed by atoms with van der Waals surface area (Å²) in [6, 6.07) is 11.1. The molecule has 0 saturated carbocycles. The predicted molar refractivity (Wildman–Crippen MR) is 104 cm³/mol. The lowest BCUT2D eigenvalue weighted by Gasteiger charge is -2.28. The Balaban J connectivity index is 1.80. The Bertz CT molecular complexity index is 890. The van der Waals surface area contributed by atoms with E-state index in [9.17, 15) is 4.39 Å². The number of hydrogen-bond donors (Lipinski definition) is 1. The van der Waals surface area contributed by atoms with Gasteiger partial charge in [-0.15, -0.1) is 0 Å². The number of benzene rings is 1. The monoisotopic (exact) mass is 349 g/mol. The van der Waals surface area contributed by atoms with Crippen molar-refractivity contribution in [2.24, 2.45) is 0 Å². The van der Waals surface area contributed by atoms with Gasteiger partial charge in [-0.3, -0.25) is 4.98 Å². The van der Waals surface area contributed by atoms with Crippen LogP contribution in [0.2, 0.25) is 0 Å². The molecule has 4 rings (SSSR count). The highest BCUT2D eigenvalue weighted by Gasteiger charge is 2.22. The Morgan fingerprint density at radius 3 is 2.50 bits per heavy atom. The minimum absolute atomic E-state index is 0.211. The van der Waals surface area contributed by atoms with Gasteiger partial charge in [0, 0.05) is 29.6 Å². The Morgan fingerprint density at radius 1 is 1.08 bits per heavy atom. The summed E-state index contributed by atoms with van der Waals surface area (Å²) in [4.78, 5) is 10.3. The maximum absolute atomic E-state index is 13.4. The molecule has 134 valence electrons. The smallest absolute Gasteiger partial charge is 0.123 e. The van der Waals surface area contributed by atoms with E-state index in [1.54, 1.807) is 0 Å². The van der Waals surface area contributed by atoms with Gasteiger partial charge in [0.05, 0.1) is 5.69 Å². The molecule has 0 aliphatic carbocycles. The minimum Gasteiger partial charge on any atom is -0.358 e. The summed E-state index contributed by atoms with van der Waals surface area (Å²) >= 11 is 0. The van der Waals surface area contributed by atoms with E-state index in [4.69, 9.17) is 0 Å². The fourth-order valence-electron chi connectivity index (χ4n) is 3.85. The van der Waals surface area contributed by atoms with Crippen molar-refractivity contribution in [2.75, 3.05) is 20.1 Å². The molecule has 1 aromatic carbocycles. The number of aryl methyl sites for hydroxylation is 1. The van der Waals surface area contributed by atoms with Crippen LogP contribution in [0.4, 0.5) is 4.39 Å². The predicted octanol–water partition coefficient (Wildman–Crippen LogP) is 5.00. The molecular weight excluding hydrogens is 325 g/mol. The maximum Gasteiger partial charge on any atom is 0.123 e. The Labute approximate surface area is 153 Å². The molecule has 0 amide bonds. The number of pyridine rings is 1. The molecule has 1 N–H and O–H groups in total. The lowest BCUT2D eigenvalue weighted by molar-refractivity contribution is 0.253. The van der Waals surface area contributed by atoms with Crippen LogP contribution in [0.15, 0.2) is 48.8 Å². The van der Waals surface area contributed by atoms with Crippen LogP contribution < -0.4 is 0 Å². The van der Waals surface area contributed by atoms with E-state index >= 15 is 0 Å². The number of halogens is 1. The summed E-state index contributed by atoms with van der Waals surface area (Å²) in [5.74, 6) is 0.332. The van der Waals surface area contributed by atoms with Gasteiger partial charge < -0.3 is 9.88 Å². The fraction of sp³-hybridized carbons (Fsp3) is 0.318. The van der Waals surface area contributed by atoms with Crippen molar-refractivity contribution in [1.29, 1.82) is 0 Å². The first-order valence-corrected chi connectivity index (χ1v) is 9.20. The molecule has 0 radical (unpaired) electrons. The van der Waals surface area contributed by atoms with E-state index in [0.29, 0.717) is 5.92 Å². The van der Waals surface area contributed by atoms with Gasteiger partial charge in [-0.2, -0.15) is 0 Å². The molecule has 1 aliphatic heterocycles. The van der Waals surface area contributed by atoms with E-state index in [0.717, 1.165) is 42.8 Å². The highest BCUT2D eigenvalue weighted by Crippen LogP contribution is 2.38. The molecule has 0 atom stereocenters. The number of hydrogen-bond acceptors (Lipinski definition) is 2. The standard InChI is InChI=1S/C22H24FN3/c1-15-14-24-10-7-19(15)20-13-21(16-8-11-26(2)12-9-16)25-22(20)17-3-5-18(23)6-4-17/h3-7,10,13-14,16,25H,8-9,11-12H2,1-2H3. The van der Waals surface area contributed by atoms with Crippen LogP contribution in [-0.4, -0.2) is 35.0 Å². The third-order valence-corrected chi connectivity index (χ3v) is 5.44. The van der Waals surface area contributed by atoms with Crippen molar-refractivity contribution >= 4 is 0 Å². The van der Waals surface area contributed by atoms with Gasteiger partial charge in [0.1, 0.15) is 5.82 Å². The SMILES string of the molecule is Cc1cnccc1-c1cc(C2CCN(C)CC2)[nH]c1-c1ccc(F)cc1. The summed E-state index contributed by atoms with van der Waals surface area (Å²) in [5, 5.41) is 0. The van der Waals surface area contributed by atoms with Crippen LogP contribution in [0.3, 0.4) is 0 Å². The van der Waals surface area contributed by atoms with Crippen LogP contribution in [0.1, 0.15) is 30.0 Å². The molecule has 0 bridgehead atoms. The molecule has 1 aliphatic rings. The first-order valence-electron chi connectivity index (χ1n) is 9.20. The third-order valence-electron chi connectivity index (χ3n) is 5.44. The van der Waals surface area contributed by atoms with Crippen LogP contribution in [-0.2, 0) is 0 Å². The zero-order chi connectivity index (χ0) is 18.1. The summed E-state index contributed by atoms with van der Waals surface area (Å²) in [7, 11) is 2.18.